The van der Waals surface area contributed by atoms with E-state index in [1.165, 1.54) is 7.11 Å². The summed E-state index contributed by atoms with van der Waals surface area (Å²) < 4.78 is 9.73. The molecule has 0 radical (unpaired) electrons. The molecule has 0 spiro atoms. The number of aromatic nitrogens is 1. The van der Waals surface area contributed by atoms with Crippen LogP contribution in [0.1, 0.15) is 18.4 Å². The number of amides is 1. The van der Waals surface area contributed by atoms with Gasteiger partial charge in [-0.2, -0.15) is 0 Å². The number of hydrogen-bond acceptors (Lipinski definition) is 4. The van der Waals surface area contributed by atoms with Crippen LogP contribution in [0.15, 0.2) is 24.4 Å². The maximum absolute atomic E-state index is 11.6. The number of methoxy groups -OCH3 is 2. The van der Waals surface area contributed by atoms with Crippen molar-refractivity contribution >= 4 is 22.8 Å². The molecular formula is C16H20N2O4. The van der Waals surface area contributed by atoms with Gasteiger partial charge in [-0.05, 0) is 30.2 Å². The summed E-state index contributed by atoms with van der Waals surface area (Å²) >= 11 is 0. The zero-order chi connectivity index (χ0) is 15.9. The first-order chi connectivity index (χ1) is 10.6. The number of fused-ring (bicyclic) bond motifs is 1. The smallest absolute Gasteiger partial charge is 0.306 e. The number of benzene rings is 1. The molecule has 0 atom stereocenters. The minimum absolute atomic E-state index is 0.104. The molecule has 1 amide bonds. The summed E-state index contributed by atoms with van der Waals surface area (Å²) in [6, 6.07) is 5.84. The SMILES string of the molecule is COC(=O)CCC(=O)NCCc1c[nH]c2ccc(OC)cc12. The molecule has 1 aromatic carbocycles. The standard InChI is InChI=1S/C16H20N2O4/c1-21-12-3-4-14-13(9-12)11(10-18-14)7-8-17-15(19)5-6-16(20)22-2/h3-4,9-10,18H,5-8H2,1-2H3,(H,17,19). The largest absolute Gasteiger partial charge is 0.497 e. The van der Waals surface area contributed by atoms with E-state index in [2.05, 4.69) is 15.0 Å². The summed E-state index contributed by atoms with van der Waals surface area (Å²) in [5, 5.41) is 3.89. The van der Waals surface area contributed by atoms with Crippen molar-refractivity contribution in [2.45, 2.75) is 19.3 Å². The molecule has 2 N–H and O–H groups in total. The monoisotopic (exact) mass is 304 g/mol. The van der Waals surface area contributed by atoms with Gasteiger partial charge in [0.15, 0.2) is 0 Å². The third-order valence-electron chi connectivity index (χ3n) is 3.47. The lowest BCUT2D eigenvalue weighted by atomic mass is 10.1. The molecule has 0 saturated heterocycles. The Bertz CT molecular complexity index is 663. The van der Waals surface area contributed by atoms with Crippen LogP contribution in [0.2, 0.25) is 0 Å². The van der Waals surface area contributed by atoms with E-state index in [1.54, 1.807) is 7.11 Å². The van der Waals surface area contributed by atoms with Crippen molar-refractivity contribution in [1.29, 1.82) is 0 Å². The third-order valence-corrected chi connectivity index (χ3v) is 3.47. The fourth-order valence-electron chi connectivity index (χ4n) is 2.23. The Kier molecular flexibility index (Phi) is 5.41. The first kappa shape index (κ1) is 15.9. The van der Waals surface area contributed by atoms with Gasteiger partial charge in [-0.15, -0.1) is 0 Å². The first-order valence-corrected chi connectivity index (χ1v) is 7.11. The lowest BCUT2D eigenvalue weighted by molar-refractivity contribution is -0.142. The molecule has 6 nitrogen and oxygen atoms in total. The molecule has 0 fully saturated rings. The second kappa shape index (κ2) is 7.49. The van der Waals surface area contributed by atoms with Crippen molar-refractivity contribution in [1.82, 2.24) is 10.3 Å². The highest BCUT2D eigenvalue weighted by Gasteiger charge is 2.08. The van der Waals surface area contributed by atoms with Gasteiger partial charge in [0.05, 0.1) is 20.6 Å². The van der Waals surface area contributed by atoms with Crippen LogP contribution in [0.5, 0.6) is 5.75 Å². The molecule has 0 saturated carbocycles. The second-order valence-electron chi connectivity index (χ2n) is 4.90. The van der Waals surface area contributed by atoms with E-state index >= 15 is 0 Å². The Morgan fingerprint density at radius 2 is 2.05 bits per heavy atom. The highest BCUT2D eigenvalue weighted by Crippen LogP contribution is 2.23. The lowest BCUT2D eigenvalue weighted by Gasteiger charge is -2.05. The van der Waals surface area contributed by atoms with Crippen molar-refractivity contribution < 1.29 is 19.1 Å². The van der Waals surface area contributed by atoms with Crippen LogP contribution in [-0.2, 0) is 20.7 Å². The molecule has 0 aliphatic carbocycles. The molecule has 1 aromatic heterocycles. The molecular weight excluding hydrogens is 284 g/mol. The van der Waals surface area contributed by atoms with Gasteiger partial charge in [-0.25, -0.2) is 0 Å². The summed E-state index contributed by atoms with van der Waals surface area (Å²) in [5.41, 5.74) is 2.15. The quantitative estimate of drug-likeness (QED) is 0.764. The van der Waals surface area contributed by atoms with Crippen LogP contribution in [0.3, 0.4) is 0 Å². The lowest BCUT2D eigenvalue weighted by Crippen LogP contribution is -2.26. The maximum atomic E-state index is 11.6. The van der Waals surface area contributed by atoms with E-state index in [1.807, 2.05) is 24.4 Å². The topological polar surface area (TPSA) is 80.4 Å². The van der Waals surface area contributed by atoms with Gasteiger partial charge < -0.3 is 19.8 Å². The van der Waals surface area contributed by atoms with Crippen molar-refractivity contribution in [2.24, 2.45) is 0 Å². The van der Waals surface area contributed by atoms with Gasteiger partial charge in [0, 0.05) is 30.1 Å². The number of esters is 1. The van der Waals surface area contributed by atoms with Crippen LogP contribution < -0.4 is 10.1 Å². The van der Waals surface area contributed by atoms with E-state index in [0.29, 0.717) is 13.0 Å². The number of hydrogen-bond donors (Lipinski definition) is 2. The summed E-state index contributed by atoms with van der Waals surface area (Å²) in [4.78, 5) is 25.8. The number of rotatable bonds is 7. The summed E-state index contributed by atoms with van der Waals surface area (Å²) in [6.45, 7) is 0.518. The van der Waals surface area contributed by atoms with Crippen LogP contribution in [0, 0.1) is 0 Å². The summed E-state index contributed by atoms with van der Waals surface area (Å²) in [7, 11) is 2.94. The Morgan fingerprint density at radius 1 is 1.23 bits per heavy atom. The summed E-state index contributed by atoms with van der Waals surface area (Å²) in [5.74, 6) is 0.275. The fraction of sp³-hybridized carbons (Fsp3) is 0.375. The third kappa shape index (κ3) is 4.00. The molecule has 0 aliphatic heterocycles. The predicted octanol–water partition coefficient (Wildman–Crippen LogP) is 1.79. The minimum Gasteiger partial charge on any atom is -0.497 e. The van der Waals surface area contributed by atoms with Gasteiger partial charge in [0.25, 0.3) is 0 Å². The van der Waals surface area contributed by atoms with Gasteiger partial charge in [-0.1, -0.05) is 0 Å². The average Bonchev–Trinajstić information content (AvgIpc) is 2.94. The molecule has 2 rings (SSSR count). The maximum Gasteiger partial charge on any atom is 0.306 e. The highest BCUT2D eigenvalue weighted by molar-refractivity contribution is 5.85. The number of H-pyrrole nitrogens is 1. The molecule has 118 valence electrons. The van der Waals surface area contributed by atoms with E-state index in [0.717, 1.165) is 22.2 Å². The Balaban J connectivity index is 1.87. The van der Waals surface area contributed by atoms with Gasteiger partial charge in [0.1, 0.15) is 5.75 Å². The number of ether oxygens (including phenoxy) is 2. The second-order valence-corrected chi connectivity index (χ2v) is 4.90. The number of carbonyl (C=O) groups is 2. The van der Waals surface area contributed by atoms with Gasteiger partial charge >= 0.3 is 5.97 Å². The highest BCUT2D eigenvalue weighted by atomic mass is 16.5. The van der Waals surface area contributed by atoms with Gasteiger partial charge in [0.2, 0.25) is 5.91 Å². The van der Waals surface area contributed by atoms with E-state index in [9.17, 15) is 9.59 Å². The van der Waals surface area contributed by atoms with Crippen molar-refractivity contribution in [3.63, 3.8) is 0 Å². The van der Waals surface area contributed by atoms with Crippen LogP contribution in [-0.4, -0.2) is 37.6 Å². The van der Waals surface area contributed by atoms with E-state index in [-0.39, 0.29) is 24.7 Å². The average molecular weight is 304 g/mol. The Labute approximate surface area is 128 Å². The van der Waals surface area contributed by atoms with Crippen LogP contribution in [0.4, 0.5) is 0 Å². The van der Waals surface area contributed by atoms with E-state index < -0.39 is 0 Å². The molecule has 22 heavy (non-hydrogen) atoms. The number of carbonyl (C=O) groups excluding carboxylic acids is 2. The molecule has 0 bridgehead atoms. The van der Waals surface area contributed by atoms with Crippen LogP contribution in [0.25, 0.3) is 10.9 Å². The number of aromatic amines is 1. The molecule has 1 heterocycles. The zero-order valence-electron chi connectivity index (χ0n) is 12.8. The minimum atomic E-state index is -0.376. The molecule has 6 heteroatoms. The fourth-order valence-corrected chi connectivity index (χ4v) is 2.23. The number of nitrogens with one attached hydrogen (secondary N) is 2. The van der Waals surface area contributed by atoms with Crippen molar-refractivity contribution in [3.05, 3.63) is 30.0 Å². The normalized spacial score (nSPS) is 10.5. The van der Waals surface area contributed by atoms with Gasteiger partial charge in [-0.3, -0.25) is 9.59 Å². The first-order valence-electron chi connectivity index (χ1n) is 7.11. The molecule has 0 unspecified atom stereocenters. The van der Waals surface area contributed by atoms with Crippen molar-refractivity contribution in [3.8, 4) is 5.75 Å². The summed E-state index contributed by atoms with van der Waals surface area (Å²) in [6.07, 6.45) is 2.89. The van der Waals surface area contributed by atoms with E-state index in [4.69, 9.17) is 4.74 Å². The molecule has 0 aliphatic rings. The Hall–Kier alpha value is -2.50. The Morgan fingerprint density at radius 3 is 2.77 bits per heavy atom. The zero-order valence-corrected chi connectivity index (χ0v) is 12.8. The molecule has 2 aromatic rings. The predicted molar refractivity (Wildman–Crippen MR) is 82.8 cm³/mol. The van der Waals surface area contributed by atoms with Crippen molar-refractivity contribution in [2.75, 3.05) is 20.8 Å². The van der Waals surface area contributed by atoms with Crippen LogP contribution >= 0.6 is 0 Å².